The first kappa shape index (κ1) is 26.8. The minimum atomic E-state index is -0.559. The molecule has 4 nitrogen and oxygen atoms in total. The van der Waals surface area contributed by atoms with Crippen LogP contribution in [-0.2, 0) is 16.1 Å². The first-order valence-electron chi connectivity index (χ1n) is 10.6. The maximum Gasteiger partial charge on any atom is 0.242 e. The van der Waals surface area contributed by atoms with Gasteiger partial charge in [0.2, 0.25) is 11.8 Å². The summed E-state index contributed by atoms with van der Waals surface area (Å²) in [5.74, 6) is 0.707. The number of halogens is 3. The van der Waals surface area contributed by atoms with Crippen molar-refractivity contribution in [2.75, 3.05) is 12.3 Å². The molecule has 0 spiro atoms. The van der Waals surface area contributed by atoms with Gasteiger partial charge < -0.3 is 10.2 Å². The molecule has 8 heteroatoms. The maximum atomic E-state index is 13.2. The number of carbonyl (C=O) groups is 2. The van der Waals surface area contributed by atoms with E-state index in [1.54, 1.807) is 28.8 Å². The molecule has 174 valence electrons. The minimum absolute atomic E-state index is 0.0796. The lowest BCUT2D eigenvalue weighted by Crippen LogP contribution is -2.49. The Kier molecular flexibility index (Phi) is 11.2. The lowest BCUT2D eigenvalue weighted by atomic mass is 10.1. The highest BCUT2D eigenvalue weighted by atomic mass is 35.5. The summed E-state index contributed by atoms with van der Waals surface area (Å²) in [6, 6.07) is 12.2. The first-order valence-corrected chi connectivity index (χ1v) is 12.7. The van der Waals surface area contributed by atoms with Crippen molar-refractivity contribution in [3.05, 3.63) is 63.1 Å². The predicted octanol–water partition coefficient (Wildman–Crippen LogP) is 6.71. The molecule has 0 heterocycles. The van der Waals surface area contributed by atoms with Crippen molar-refractivity contribution in [3.63, 3.8) is 0 Å². The first-order chi connectivity index (χ1) is 15.2. The number of carbonyl (C=O) groups excluding carboxylic acids is 2. The van der Waals surface area contributed by atoms with Gasteiger partial charge in [-0.3, -0.25) is 9.59 Å². The Morgan fingerprint density at radius 2 is 1.72 bits per heavy atom. The summed E-state index contributed by atoms with van der Waals surface area (Å²) in [6.45, 7) is 6.84. The van der Waals surface area contributed by atoms with Gasteiger partial charge in [0.15, 0.2) is 0 Å². The van der Waals surface area contributed by atoms with E-state index in [9.17, 15) is 9.59 Å². The number of thioether (sulfide) groups is 1. The number of benzene rings is 2. The second-order valence-corrected chi connectivity index (χ2v) is 10.3. The highest BCUT2D eigenvalue weighted by Gasteiger charge is 2.28. The second kappa shape index (κ2) is 13.3. The van der Waals surface area contributed by atoms with Gasteiger partial charge in [-0.05, 0) is 54.3 Å². The van der Waals surface area contributed by atoms with Gasteiger partial charge in [0, 0.05) is 35.2 Å². The highest BCUT2D eigenvalue weighted by molar-refractivity contribution is 7.99. The van der Waals surface area contributed by atoms with Crippen LogP contribution in [-0.4, -0.2) is 35.1 Å². The van der Waals surface area contributed by atoms with E-state index in [1.807, 2.05) is 51.1 Å². The lowest BCUT2D eigenvalue weighted by Gasteiger charge is -2.31. The third kappa shape index (κ3) is 8.51. The van der Waals surface area contributed by atoms with Gasteiger partial charge in [-0.1, -0.05) is 61.6 Å². The molecule has 32 heavy (non-hydrogen) atoms. The summed E-state index contributed by atoms with van der Waals surface area (Å²) in [5.41, 5.74) is 0.827. The molecule has 0 saturated carbocycles. The molecule has 0 saturated heterocycles. The Labute approximate surface area is 210 Å². The Bertz CT molecular complexity index is 907. The molecule has 0 aliphatic rings. The molecule has 2 amide bonds. The fourth-order valence-corrected chi connectivity index (χ4v) is 4.39. The molecule has 1 N–H and O–H groups in total. The number of hydrogen-bond acceptors (Lipinski definition) is 3. The van der Waals surface area contributed by atoms with Crippen molar-refractivity contribution in [2.45, 2.75) is 51.1 Å². The number of amides is 2. The molecular weight excluding hydrogens is 487 g/mol. The molecule has 0 unspecified atom stereocenters. The molecule has 0 aromatic heterocycles. The van der Waals surface area contributed by atoms with Crippen LogP contribution in [0.1, 0.15) is 39.2 Å². The van der Waals surface area contributed by atoms with E-state index in [4.69, 9.17) is 34.8 Å². The van der Waals surface area contributed by atoms with Crippen LogP contribution in [0.5, 0.6) is 0 Å². The van der Waals surface area contributed by atoms with Crippen molar-refractivity contribution >= 4 is 58.4 Å². The summed E-state index contributed by atoms with van der Waals surface area (Å²) in [5, 5.41) is 4.52. The van der Waals surface area contributed by atoms with E-state index in [2.05, 4.69) is 5.32 Å². The van der Waals surface area contributed by atoms with Crippen molar-refractivity contribution < 1.29 is 9.59 Å². The van der Waals surface area contributed by atoms with Crippen molar-refractivity contribution in [3.8, 4) is 0 Å². The molecule has 0 fully saturated rings. The number of hydrogen-bond donors (Lipinski definition) is 1. The second-order valence-electron chi connectivity index (χ2n) is 7.89. The van der Waals surface area contributed by atoms with Crippen LogP contribution < -0.4 is 5.32 Å². The van der Waals surface area contributed by atoms with Crippen LogP contribution in [0.3, 0.4) is 0 Å². The summed E-state index contributed by atoms with van der Waals surface area (Å²) >= 11 is 19.7. The standard InChI is InChI=1S/C24H29Cl3N2O2S/c1-4-22(24(31)28-14-16(2)3)29(15-17-5-10-20(26)21(27)13-17)23(30)11-12-32-19-8-6-18(25)7-9-19/h5-10,13,16,22H,4,11-12,14-15H2,1-3H3,(H,28,31)/t22-/m0/s1. The SMILES string of the molecule is CC[C@@H](C(=O)NCC(C)C)N(Cc1ccc(Cl)c(Cl)c1)C(=O)CCSc1ccc(Cl)cc1. The molecule has 0 radical (unpaired) electrons. The quantitative estimate of drug-likeness (QED) is 0.338. The highest BCUT2D eigenvalue weighted by Crippen LogP contribution is 2.25. The molecule has 1 atom stereocenters. The minimum Gasteiger partial charge on any atom is -0.354 e. The smallest absolute Gasteiger partial charge is 0.242 e. The van der Waals surface area contributed by atoms with Gasteiger partial charge in [-0.25, -0.2) is 0 Å². The fourth-order valence-electron chi connectivity index (χ4n) is 3.11. The van der Waals surface area contributed by atoms with Crippen LogP contribution in [0.4, 0.5) is 0 Å². The predicted molar refractivity (Wildman–Crippen MR) is 136 cm³/mol. The van der Waals surface area contributed by atoms with Crippen LogP contribution in [0.15, 0.2) is 47.4 Å². The van der Waals surface area contributed by atoms with Crippen molar-refractivity contribution in [1.29, 1.82) is 0 Å². The molecule has 0 bridgehead atoms. The van der Waals surface area contributed by atoms with Crippen LogP contribution in [0.25, 0.3) is 0 Å². The van der Waals surface area contributed by atoms with Gasteiger partial charge >= 0.3 is 0 Å². The molecule has 2 aromatic carbocycles. The summed E-state index contributed by atoms with van der Waals surface area (Å²) in [4.78, 5) is 28.8. The van der Waals surface area contributed by atoms with Gasteiger partial charge in [0.25, 0.3) is 0 Å². The Balaban J connectivity index is 2.14. The molecule has 2 aromatic rings. The number of nitrogens with zero attached hydrogens (tertiary/aromatic N) is 1. The van der Waals surface area contributed by atoms with E-state index in [-0.39, 0.29) is 18.4 Å². The molecular formula is C24H29Cl3N2O2S. The monoisotopic (exact) mass is 514 g/mol. The van der Waals surface area contributed by atoms with Gasteiger partial charge in [-0.2, -0.15) is 0 Å². The van der Waals surface area contributed by atoms with Gasteiger partial charge in [-0.15, -0.1) is 11.8 Å². The van der Waals surface area contributed by atoms with Crippen LogP contribution in [0, 0.1) is 5.92 Å². The van der Waals surface area contributed by atoms with Crippen molar-refractivity contribution in [2.24, 2.45) is 5.92 Å². The largest absolute Gasteiger partial charge is 0.354 e. The van der Waals surface area contributed by atoms with Gasteiger partial charge in [0.05, 0.1) is 10.0 Å². The third-order valence-corrected chi connectivity index (χ3v) is 6.81. The zero-order valence-electron chi connectivity index (χ0n) is 18.5. The van der Waals surface area contributed by atoms with Crippen molar-refractivity contribution in [1.82, 2.24) is 10.2 Å². The number of rotatable bonds is 11. The third-order valence-electron chi connectivity index (χ3n) is 4.81. The van der Waals surface area contributed by atoms with E-state index >= 15 is 0 Å². The maximum absolute atomic E-state index is 13.2. The van der Waals surface area contributed by atoms with E-state index < -0.39 is 6.04 Å². The Morgan fingerprint density at radius 3 is 2.31 bits per heavy atom. The zero-order valence-corrected chi connectivity index (χ0v) is 21.6. The topological polar surface area (TPSA) is 49.4 Å². The van der Waals surface area contributed by atoms with Crippen LogP contribution >= 0.6 is 46.6 Å². The normalized spacial score (nSPS) is 12.0. The number of nitrogens with one attached hydrogen (secondary N) is 1. The Hall–Kier alpha value is -1.40. The van der Waals surface area contributed by atoms with E-state index in [1.165, 1.54) is 0 Å². The molecule has 0 aliphatic carbocycles. The summed E-state index contributed by atoms with van der Waals surface area (Å²) in [7, 11) is 0. The molecule has 2 rings (SSSR count). The zero-order chi connectivity index (χ0) is 23.7. The average molecular weight is 516 g/mol. The Morgan fingerprint density at radius 1 is 1.03 bits per heavy atom. The average Bonchev–Trinajstić information content (AvgIpc) is 2.75. The lowest BCUT2D eigenvalue weighted by molar-refractivity contribution is -0.141. The molecule has 0 aliphatic heterocycles. The summed E-state index contributed by atoms with van der Waals surface area (Å²) < 4.78 is 0. The fraction of sp³-hybridized carbons (Fsp3) is 0.417. The summed E-state index contributed by atoms with van der Waals surface area (Å²) in [6.07, 6.45) is 0.823. The van der Waals surface area contributed by atoms with Gasteiger partial charge in [0.1, 0.15) is 6.04 Å². The van der Waals surface area contributed by atoms with E-state index in [0.717, 1.165) is 10.5 Å². The van der Waals surface area contributed by atoms with Crippen LogP contribution in [0.2, 0.25) is 15.1 Å². The van der Waals surface area contributed by atoms with E-state index in [0.29, 0.717) is 46.1 Å².